The van der Waals surface area contributed by atoms with Crippen molar-refractivity contribution in [1.82, 2.24) is 0 Å². The normalized spacial score (nSPS) is 15.1. The van der Waals surface area contributed by atoms with Gasteiger partial charge >= 0.3 is 0 Å². The molecule has 1 amide bonds. The van der Waals surface area contributed by atoms with E-state index in [1.165, 1.54) is 5.56 Å². The number of hydrogen-bond donors (Lipinski definition) is 0. The summed E-state index contributed by atoms with van der Waals surface area (Å²) in [5.41, 5.74) is 3.55. The number of hydrogen-bond acceptors (Lipinski definition) is 2. The van der Waals surface area contributed by atoms with Crippen LogP contribution < -0.4 is 4.90 Å². The maximum absolute atomic E-state index is 12.2. The van der Waals surface area contributed by atoms with Crippen molar-refractivity contribution in [3.63, 3.8) is 0 Å². The van der Waals surface area contributed by atoms with E-state index in [2.05, 4.69) is 26.0 Å². The van der Waals surface area contributed by atoms with Crippen molar-refractivity contribution >= 4 is 17.4 Å². The van der Waals surface area contributed by atoms with Crippen LogP contribution in [0.15, 0.2) is 48.5 Å². The van der Waals surface area contributed by atoms with Crippen LogP contribution in [-0.2, 0) is 11.3 Å². The van der Waals surface area contributed by atoms with Crippen LogP contribution >= 0.6 is 0 Å². The molecule has 1 aliphatic rings. The van der Waals surface area contributed by atoms with Gasteiger partial charge in [0.25, 0.3) is 11.7 Å². The number of carbonyl (C=O) groups is 2. The highest BCUT2D eigenvalue weighted by Gasteiger charge is 2.35. The number of Topliss-reactive ketones (excluding diaryl/α,β-unsaturated/α-hetero) is 1. The van der Waals surface area contributed by atoms with Crippen LogP contribution in [0.2, 0.25) is 0 Å². The lowest BCUT2D eigenvalue weighted by atomic mass is 9.97. The molecule has 1 unspecified atom stereocenters. The Hall–Kier alpha value is -2.42. The van der Waals surface area contributed by atoms with Crippen LogP contribution in [0.4, 0.5) is 5.69 Å². The van der Waals surface area contributed by atoms with Crippen molar-refractivity contribution in [1.29, 1.82) is 0 Å². The molecule has 0 spiro atoms. The van der Waals surface area contributed by atoms with Gasteiger partial charge in [0.1, 0.15) is 0 Å². The Labute approximate surface area is 130 Å². The lowest BCUT2D eigenvalue weighted by molar-refractivity contribution is -0.114. The van der Waals surface area contributed by atoms with E-state index >= 15 is 0 Å². The Kier molecular flexibility index (Phi) is 3.80. The third-order valence-electron chi connectivity index (χ3n) is 4.38. The minimum absolute atomic E-state index is 0.410. The second kappa shape index (κ2) is 5.76. The molecule has 3 heteroatoms. The van der Waals surface area contributed by atoms with Gasteiger partial charge in [-0.25, -0.2) is 0 Å². The summed E-state index contributed by atoms with van der Waals surface area (Å²) < 4.78 is 0. The molecule has 2 aromatic rings. The first kappa shape index (κ1) is 14.5. The zero-order valence-electron chi connectivity index (χ0n) is 12.9. The van der Waals surface area contributed by atoms with Gasteiger partial charge in [0, 0.05) is 0 Å². The Bertz CT molecular complexity index is 718. The van der Waals surface area contributed by atoms with E-state index in [1.807, 2.05) is 24.3 Å². The predicted molar refractivity (Wildman–Crippen MR) is 87.1 cm³/mol. The Morgan fingerprint density at radius 1 is 1.00 bits per heavy atom. The van der Waals surface area contributed by atoms with Gasteiger partial charge in [0.05, 0.1) is 17.8 Å². The molecule has 1 aliphatic heterocycles. The molecule has 1 heterocycles. The first-order chi connectivity index (χ1) is 10.6. The molecule has 3 rings (SSSR count). The van der Waals surface area contributed by atoms with E-state index in [0.29, 0.717) is 23.7 Å². The van der Waals surface area contributed by atoms with Crippen LogP contribution in [0.5, 0.6) is 0 Å². The van der Waals surface area contributed by atoms with Crippen molar-refractivity contribution in [2.24, 2.45) is 0 Å². The fraction of sp³-hybridized carbons (Fsp3) is 0.263. The maximum atomic E-state index is 12.2. The summed E-state index contributed by atoms with van der Waals surface area (Å²) in [4.78, 5) is 25.7. The van der Waals surface area contributed by atoms with Crippen LogP contribution in [-0.4, -0.2) is 11.7 Å². The molecule has 2 aromatic carbocycles. The summed E-state index contributed by atoms with van der Waals surface area (Å²) in [6, 6.07) is 15.5. The number of carbonyl (C=O) groups excluding carboxylic acids is 2. The maximum Gasteiger partial charge on any atom is 0.299 e. The smallest absolute Gasteiger partial charge is 0.299 e. The standard InChI is InChI=1S/C19H19NO2/c1-3-13(2)15-10-8-14(9-11-15)12-20-17-7-5-4-6-16(17)18(21)19(20)22/h4-11,13H,3,12H2,1-2H3. The molecule has 1 atom stereocenters. The molecule has 0 radical (unpaired) electrons. The molecule has 0 bridgehead atoms. The van der Waals surface area contributed by atoms with Gasteiger partial charge in [-0.2, -0.15) is 0 Å². The summed E-state index contributed by atoms with van der Waals surface area (Å²) >= 11 is 0. The molecule has 0 N–H and O–H groups in total. The second-order valence-corrected chi connectivity index (χ2v) is 5.79. The van der Waals surface area contributed by atoms with Gasteiger partial charge in [-0.3, -0.25) is 9.59 Å². The van der Waals surface area contributed by atoms with Gasteiger partial charge in [0.15, 0.2) is 0 Å². The lowest BCUT2D eigenvalue weighted by Crippen LogP contribution is -2.29. The van der Waals surface area contributed by atoms with E-state index in [1.54, 1.807) is 17.0 Å². The summed E-state index contributed by atoms with van der Waals surface area (Å²) in [6.45, 7) is 4.81. The molecule has 0 aromatic heterocycles. The van der Waals surface area contributed by atoms with E-state index in [0.717, 1.165) is 12.0 Å². The number of nitrogens with zero attached hydrogens (tertiary/aromatic N) is 1. The highest BCUT2D eigenvalue weighted by Crippen LogP contribution is 2.30. The van der Waals surface area contributed by atoms with E-state index in [9.17, 15) is 9.59 Å². The van der Waals surface area contributed by atoms with E-state index in [-0.39, 0.29) is 0 Å². The second-order valence-electron chi connectivity index (χ2n) is 5.79. The van der Waals surface area contributed by atoms with E-state index < -0.39 is 11.7 Å². The quantitative estimate of drug-likeness (QED) is 0.801. The molecule has 0 saturated heterocycles. The molecule has 0 saturated carbocycles. The number of para-hydroxylation sites is 1. The topological polar surface area (TPSA) is 37.4 Å². The van der Waals surface area contributed by atoms with Gasteiger partial charge in [-0.15, -0.1) is 0 Å². The summed E-state index contributed by atoms with van der Waals surface area (Å²) in [5, 5.41) is 0. The first-order valence-electron chi connectivity index (χ1n) is 7.66. The predicted octanol–water partition coefficient (Wildman–Crippen LogP) is 3.93. The number of amides is 1. The summed E-state index contributed by atoms with van der Waals surface area (Å²) in [5.74, 6) is -0.316. The number of anilines is 1. The number of fused-ring (bicyclic) bond motifs is 1. The van der Waals surface area contributed by atoms with Gasteiger partial charge in [0.2, 0.25) is 0 Å². The SMILES string of the molecule is CCC(C)c1ccc(CN2C(=O)C(=O)c3ccccc32)cc1. The van der Waals surface area contributed by atoms with Crippen molar-refractivity contribution < 1.29 is 9.59 Å². The molecule has 0 aliphatic carbocycles. The Morgan fingerprint density at radius 3 is 2.36 bits per heavy atom. The van der Waals surface area contributed by atoms with Crippen molar-refractivity contribution in [2.45, 2.75) is 32.7 Å². The van der Waals surface area contributed by atoms with Gasteiger partial charge in [-0.05, 0) is 35.6 Å². The molecular formula is C19H19NO2. The number of benzene rings is 2. The highest BCUT2D eigenvalue weighted by atomic mass is 16.2. The fourth-order valence-electron chi connectivity index (χ4n) is 2.78. The fourth-order valence-corrected chi connectivity index (χ4v) is 2.78. The number of rotatable bonds is 4. The highest BCUT2D eigenvalue weighted by molar-refractivity contribution is 6.52. The monoisotopic (exact) mass is 293 g/mol. The summed E-state index contributed by atoms with van der Waals surface area (Å²) in [6.07, 6.45) is 1.10. The Balaban J connectivity index is 1.84. The van der Waals surface area contributed by atoms with Gasteiger partial charge in [-0.1, -0.05) is 50.2 Å². The zero-order valence-corrected chi connectivity index (χ0v) is 12.9. The minimum Gasteiger partial charge on any atom is -0.300 e. The third-order valence-corrected chi connectivity index (χ3v) is 4.38. The molecule has 112 valence electrons. The van der Waals surface area contributed by atoms with E-state index in [4.69, 9.17) is 0 Å². The molecule has 3 nitrogen and oxygen atoms in total. The first-order valence-corrected chi connectivity index (χ1v) is 7.66. The van der Waals surface area contributed by atoms with Crippen molar-refractivity contribution in [3.05, 3.63) is 65.2 Å². The van der Waals surface area contributed by atoms with Crippen LogP contribution in [0, 0.1) is 0 Å². The van der Waals surface area contributed by atoms with Crippen LogP contribution in [0.3, 0.4) is 0 Å². The van der Waals surface area contributed by atoms with Crippen LogP contribution in [0.25, 0.3) is 0 Å². The minimum atomic E-state index is -0.438. The Morgan fingerprint density at radius 2 is 1.68 bits per heavy atom. The number of ketones is 1. The molecule has 22 heavy (non-hydrogen) atoms. The molecular weight excluding hydrogens is 274 g/mol. The van der Waals surface area contributed by atoms with Crippen LogP contribution in [0.1, 0.15) is 47.7 Å². The third kappa shape index (κ3) is 2.43. The van der Waals surface area contributed by atoms with Crippen molar-refractivity contribution in [3.8, 4) is 0 Å². The lowest BCUT2D eigenvalue weighted by Gasteiger charge is -2.17. The average molecular weight is 293 g/mol. The van der Waals surface area contributed by atoms with Gasteiger partial charge < -0.3 is 4.90 Å². The summed E-state index contributed by atoms with van der Waals surface area (Å²) in [7, 11) is 0. The average Bonchev–Trinajstić information content (AvgIpc) is 2.80. The van der Waals surface area contributed by atoms with Crippen molar-refractivity contribution in [2.75, 3.05) is 4.90 Å². The molecule has 0 fully saturated rings. The zero-order chi connectivity index (χ0) is 15.7. The largest absolute Gasteiger partial charge is 0.300 e.